The molecule has 1 fully saturated rings. The lowest BCUT2D eigenvalue weighted by molar-refractivity contribution is 0.104. The molecule has 1 aliphatic carbocycles. The second-order valence-electron chi connectivity index (χ2n) is 6.69. The van der Waals surface area contributed by atoms with Gasteiger partial charge in [-0.3, -0.25) is 4.79 Å². The second kappa shape index (κ2) is 8.43. The molecule has 1 aliphatic rings. The summed E-state index contributed by atoms with van der Waals surface area (Å²) in [5, 5.41) is 12.8. The first-order chi connectivity index (χ1) is 12.5. The molecule has 2 N–H and O–H groups in total. The van der Waals surface area contributed by atoms with Gasteiger partial charge in [0.15, 0.2) is 0 Å². The fourth-order valence-electron chi connectivity index (χ4n) is 3.42. The number of hydrogen-bond donors (Lipinski definition) is 2. The minimum atomic E-state index is -0.160. The number of nitrogens with one attached hydrogen (secondary N) is 1. The monoisotopic (exact) mass is 395 g/mol. The van der Waals surface area contributed by atoms with Crippen molar-refractivity contribution in [3.8, 4) is 0 Å². The van der Waals surface area contributed by atoms with Crippen LogP contribution in [-0.2, 0) is 11.3 Å². The number of halogens is 1. The van der Waals surface area contributed by atoms with Gasteiger partial charge in [0.2, 0.25) is 5.78 Å². The van der Waals surface area contributed by atoms with Gasteiger partial charge in [-0.15, -0.1) is 11.3 Å². The quantitative estimate of drug-likeness (QED) is 0.699. The molecule has 0 aromatic carbocycles. The lowest BCUT2D eigenvalue weighted by atomic mass is 10.00. The minimum absolute atomic E-state index is 0.160. The third-order valence-electron chi connectivity index (χ3n) is 4.86. The summed E-state index contributed by atoms with van der Waals surface area (Å²) >= 11 is 7.43. The molecule has 3 atom stereocenters. The van der Waals surface area contributed by atoms with Crippen molar-refractivity contribution in [1.82, 2.24) is 9.97 Å². The van der Waals surface area contributed by atoms with Crippen molar-refractivity contribution in [2.75, 3.05) is 19.0 Å². The lowest BCUT2D eigenvalue weighted by Crippen LogP contribution is -2.19. The number of aliphatic hydroxyl groups excluding tert-OH is 1. The zero-order valence-electron chi connectivity index (χ0n) is 14.7. The Hall–Kier alpha value is -1.54. The molecule has 2 aromatic rings. The average molecular weight is 396 g/mol. The zero-order chi connectivity index (χ0) is 18.7. The third-order valence-corrected chi connectivity index (χ3v) is 6.30. The molecule has 3 rings (SSSR count). The molecule has 0 aliphatic heterocycles. The van der Waals surface area contributed by atoms with Gasteiger partial charge in [0.05, 0.1) is 21.4 Å². The van der Waals surface area contributed by atoms with Gasteiger partial charge in [-0.25, -0.2) is 9.97 Å². The highest BCUT2D eigenvalue weighted by atomic mass is 35.5. The normalized spacial score (nSPS) is 22.5. The van der Waals surface area contributed by atoms with Gasteiger partial charge in [-0.1, -0.05) is 18.5 Å². The first-order valence-corrected chi connectivity index (χ1v) is 9.72. The fourth-order valence-corrected chi connectivity index (χ4v) is 4.62. The maximum atomic E-state index is 12.9. The first kappa shape index (κ1) is 19.2. The zero-order valence-corrected chi connectivity index (χ0v) is 16.3. The van der Waals surface area contributed by atoms with Crippen LogP contribution in [0, 0.1) is 11.8 Å². The highest BCUT2D eigenvalue weighted by Crippen LogP contribution is 2.34. The number of aliphatic hydroxyl groups is 1. The Morgan fingerprint density at radius 3 is 3.00 bits per heavy atom. The molecule has 6 nitrogen and oxygen atoms in total. The Morgan fingerprint density at radius 1 is 1.50 bits per heavy atom. The summed E-state index contributed by atoms with van der Waals surface area (Å²) in [6.07, 6.45) is 4.76. The number of hydrogen-bond acceptors (Lipinski definition) is 7. The number of thiophene rings is 1. The number of ether oxygens (including phenoxy) is 1. The van der Waals surface area contributed by atoms with Gasteiger partial charge in [-0.05, 0) is 30.7 Å². The SMILES string of the molecule is COCc1cc(C(=O)c2cncnc2N[C@@H]2C[C@H](CO)[C@@H](C)C2)sc1Cl. The second-order valence-corrected chi connectivity index (χ2v) is 8.34. The van der Waals surface area contributed by atoms with Crippen molar-refractivity contribution in [3.05, 3.63) is 38.9 Å². The number of carbonyl (C=O) groups is 1. The molecule has 0 bridgehead atoms. The molecule has 0 radical (unpaired) electrons. The summed E-state index contributed by atoms with van der Waals surface area (Å²) in [5.41, 5.74) is 1.22. The van der Waals surface area contributed by atoms with E-state index < -0.39 is 0 Å². The summed E-state index contributed by atoms with van der Waals surface area (Å²) in [6.45, 7) is 2.69. The van der Waals surface area contributed by atoms with E-state index in [1.54, 1.807) is 13.2 Å². The van der Waals surface area contributed by atoms with Crippen molar-refractivity contribution < 1.29 is 14.6 Å². The van der Waals surface area contributed by atoms with Crippen molar-refractivity contribution >= 4 is 34.5 Å². The maximum Gasteiger partial charge on any atom is 0.208 e. The molecule has 1 saturated carbocycles. The van der Waals surface area contributed by atoms with Crippen LogP contribution in [0.3, 0.4) is 0 Å². The number of methoxy groups -OCH3 is 1. The molecule has 2 aromatic heterocycles. The van der Waals surface area contributed by atoms with Gasteiger partial charge < -0.3 is 15.2 Å². The van der Waals surface area contributed by atoms with E-state index in [4.69, 9.17) is 16.3 Å². The number of nitrogens with zero attached hydrogens (tertiary/aromatic N) is 2. The highest BCUT2D eigenvalue weighted by molar-refractivity contribution is 7.18. The highest BCUT2D eigenvalue weighted by Gasteiger charge is 2.31. The molecule has 0 amide bonds. The maximum absolute atomic E-state index is 12.9. The van der Waals surface area contributed by atoms with Crippen LogP contribution in [0.25, 0.3) is 0 Å². The molecule has 0 spiro atoms. The van der Waals surface area contributed by atoms with Gasteiger partial charge in [0.25, 0.3) is 0 Å². The topological polar surface area (TPSA) is 84.3 Å². The fraction of sp³-hybridized carbons (Fsp3) is 0.500. The molecule has 140 valence electrons. The number of anilines is 1. The van der Waals surface area contributed by atoms with Crippen LogP contribution in [0.5, 0.6) is 0 Å². The number of ketones is 1. The molecule has 8 heteroatoms. The third kappa shape index (κ3) is 4.06. The van der Waals surface area contributed by atoms with Crippen LogP contribution in [0.4, 0.5) is 5.82 Å². The number of carbonyl (C=O) groups excluding carboxylic acids is 1. The summed E-state index contributed by atoms with van der Waals surface area (Å²) in [6, 6.07) is 1.94. The number of aromatic nitrogens is 2. The van der Waals surface area contributed by atoms with Crippen LogP contribution in [0.15, 0.2) is 18.6 Å². The van der Waals surface area contributed by atoms with Gasteiger partial charge in [-0.2, -0.15) is 0 Å². The lowest BCUT2D eigenvalue weighted by Gasteiger charge is -2.15. The Balaban J connectivity index is 1.81. The van der Waals surface area contributed by atoms with E-state index in [0.29, 0.717) is 33.1 Å². The Bertz CT molecular complexity index is 783. The molecule has 0 unspecified atom stereocenters. The van der Waals surface area contributed by atoms with Crippen molar-refractivity contribution in [2.24, 2.45) is 11.8 Å². The van der Waals surface area contributed by atoms with Gasteiger partial charge in [0, 0.05) is 31.5 Å². The van der Waals surface area contributed by atoms with Crippen LogP contribution in [0.2, 0.25) is 4.34 Å². The van der Waals surface area contributed by atoms with E-state index in [1.165, 1.54) is 23.9 Å². The minimum Gasteiger partial charge on any atom is -0.396 e. The smallest absolute Gasteiger partial charge is 0.208 e. The van der Waals surface area contributed by atoms with E-state index in [0.717, 1.165) is 18.4 Å². The molecular formula is C18H22ClN3O3S. The van der Waals surface area contributed by atoms with E-state index in [9.17, 15) is 9.90 Å². The van der Waals surface area contributed by atoms with Crippen LogP contribution in [-0.4, -0.2) is 40.6 Å². The van der Waals surface area contributed by atoms with Gasteiger partial charge >= 0.3 is 0 Å². The Labute approximate surface area is 161 Å². The number of rotatable bonds is 7. The first-order valence-electron chi connectivity index (χ1n) is 8.52. The van der Waals surface area contributed by atoms with E-state index in [1.807, 2.05) is 0 Å². The predicted octanol–water partition coefficient (Wildman–Crippen LogP) is 3.39. The van der Waals surface area contributed by atoms with Gasteiger partial charge in [0.1, 0.15) is 12.1 Å². The van der Waals surface area contributed by atoms with Crippen molar-refractivity contribution in [3.63, 3.8) is 0 Å². The van der Waals surface area contributed by atoms with Crippen LogP contribution >= 0.6 is 22.9 Å². The van der Waals surface area contributed by atoms with E-state index in [-0.39, 0.29) is 24.3 Å². The van der Waals surface area contributed by atoms with Crippen LogP contribution < -0.4 is 5.32 Å². The molecule has 2 heterocycles. The Kier molecular flexibility index (Phi) is 6.24. The summed E-state index contributed by atoms with van der Waals surface area (Å²) in [4.78, 5) is 21.8. The summed E-state index contributed by atoms with van der Waals surface area (Å²) in [5.74, 6) is 1.08. The van der Waals surface area contributed by atoms with Crippen molar-refractivity contribution in [2.45, 2.75) is 32.4 Å². The molecule has 0 saturated heterocycles. The van der Waals surface area contributed by atoms with Crippen LogP contribution in [0.1, 0.15) is 40.6 Å². The average Bonchev–Trinajstić information content (AvgIpc) is 3.17. The predicted molar refractivity (Wildman–Crippen MR) is 102 cm³/mol. The summed E-state index contributed by atoms with van der Waals surface area (Å²) in [7, 11) is 1.59. The summed E-state index contributed by atoms with van der Waals surface area (Å²) < 4.78 is 5.66. The van der Waals surface area contributed by atoms with E-state index >= 15 is 0 Å². The largest absolute Gasteiger partial charge is 0.396 e. The Morgan fingerprint density at radius 2 is 2.31 bits per heavy atom. The van der Waals surface area contributed by atoms with Crippen molar-refractivity contribution in [1.29, 1.82) is 0 Å². The molecule has 26 heavy (non-hydrogen) atoms. The standard InChI is InChI=1S/C18H22ClN3O3S/c1-10-3-13(4-11(10)7-23)22-18-14(6-20-9-21-18)16(24)15-5-12(8-25-2)17(19)26-15/h5-6,9-11,13,23H,3-4,7-8H2,1-2H3,(H,20,21,22)/t10-,11+,13-/m0/s1. The van der Waals surface area contributed by atoms with E-state index in [2.05, 4.69) is 22.2 Å². The molecular weight excluding hydrogens is 374 g/mol.